The van der Waals surface area contributed by atoms with E-state index in [4.69, 9.17) is 10.5 Å². The maximum Gasteiger partial charge on any atom is 0.323 e. The van der Waals surface area contributed by atoms with Crippen molar-refractivity contribution in [1.29, 1.82) is 0 Å². The molecule has 2 N–H and O–H groups in total. The smallest absolute Gasteiger partial charge is 0.323 e. The normalized spacial score (nSPS) is 23.1. The molecule has 1 unspecified atom stereocenters. The van der Waals surface area contributed by atoms with E-state index in [1.807, 2.05) is 13.8 Å². The monoisotopic (exact) mass is 278 g/mol. The molecule has 0 amide bonds. The van der Waals surface area contributed by atoms with Crippen molar-refractivity contribution in [3.8, 4) is 6.01 Å². The lowest BCUT2D eigenvalue weighted by Crippen LogP contribution is -2.50. The highest BCUT2D eigenvalue weighted by Crippen LogP contribution is 2.24. The second-order valence-electron chi connectivity index (χ2n) is 5.72. The molecule has 2 aliphatic heterocycles. The second-order valence-corrected chi connectivity index (χ2v) is 5.72. The predicted octanol–water partition coefficient (Wildman–Crippen LogP) is 0.525. The highest BCUT2D eigenvalue weighted by molar-refractivity contribution is 5.37. The van der Waals surface area contributed by atoms with E-state index >= 15 is 0 Å². The van der Waals surface area contributed by atoms with E-state index in [1.54, 1.807) is 0 Å². The van der Waals surface area contributed by atoms with E-state index in [2.05, 4.69) is 24.8 Å². The molecule has 0 radical (unpaired) electrons. The summed E-state index contributed by atoms with van der Waals surface area (Å²) in [6, 6.07) is 0.938. The number of nitrogen functional groups attached to an aromatic ring is 1. The fraction of sp³-hybridized carbons (Fsp3) is 0.769. The lowest BCUT2D eigenvalue weighted by atomic mass is 10.2. The zero-order valence-corrected chi connectivity index (χ0v) is 12.1. The van der Waals surface area contributed by atoms with Crippen LogP contribution in [-0.2, 0) is 0 Å². The highest BCUT2D eigenvalue weighted by atomic mass is 16.5. The predicted molar refractivity (Wildman–Crippen MR) is 76.8 cm³/mol. The van der Waals surface area contributed by atoms with Gasteiger partial charge in [-0.2, -0.15) is 15.0 Å². The molecular weight excluding hydrogens is 256 g/mol. The van der Waals surface area contributed by atoms with Crippen LogP contribution in [-0.4, -0.2) is 58.2 Å². The lowest BCUT2D eigenvalue weighted by molar-refractivity contribution is 0.218. The van der Waals surface area contributed by atoms with Crippen molar-refractivity contribution in [2.75, 3.05) is 36.8 Å². The molecule has 2 saturated heterocycles. The van der Waals surface area contributed by atoms with E-state index in [9.17, 15) is 0 Å². The fourth-order valence-electron chi connectivity index (χ4n) is 2.94. The number of piperazine rings is 1. The minimum absolute atomic E-state index is 0.0244. The van der Waals surface area contributed by atoms with Crippen LogP contribution in [0.5, 0.6) is 6.01 Å². The Hall–Kier alpha value is -1.63. The zero-order chi connectivity index (χ0) is 14.1. The topological polar surface area (TPSA) is 80.4 Å². The van der Waals surface area contributed by atoms with E-state index in [-0.39, 0.29) is 12.1 Å². The summed E-state index contributed by atoms with van der Waals surface area (Å²) in [5.41, 5.74) is 5.77. The fourth-order valence-corrected chi connectivity index (χ4v) is 2.94. The van der Waals surface area contributed by atoms with Crippen molar-refractivity contribution in [2.24, 2.45) is 0 Å². The summed E-state index contributed by atoms with van der Waals surface area (Å²) < 4.78 is 5.53. The van der Waals surface area contributed by atoms with Gasteiger partial charge in [-0.05, 0) is 33.2 Å². The van der Waals surface area contributed by atoms with Gasteiger partial charge >= 0.3 is 6.01 Å². The van der Waals surface area contributed by atoms with Crippen LogP contribution >= 0.6 is 0 Å². The molecule has 7 heteroatoms. The van der Waals surface area contributed by atoms with Gasteiger partial charge in [-0.25, -0.2) is 0 Å². The average molecular weight is 278 g/mol. The molecule has 0 spiro atoms. The number of nitrogens with two attached hydrogens (primary N) is 1. The summed E-state index contributed by atoms with van der Waals surface area (Å²) in [7, 11) is 0. The third kappa shape index (κ3) is 2.77. The Morgan fingerprint density at radius 3 is 2.85 bits per heavy atom. The molecule has 0 aromatic carbocycles. The second kappa shape index (κ2) is 5.40. The first-order valence-electron chi connectivity index (χ1n) is 7.29. The standard InChI is InChI=1S/C13H22N6O/c1-9(2)20-13-16-11(14)15-12(17-13)19-7-6-18-5-3-4-10(18)8-19/h9-10H,3-8H2,1-2H3,(H2,14,15,16,17). The van der Waals surface area contributed by atoms with Gasteiger partial charge in [-0.3, -0.25) is 4.90 Å². The molecule has 0 aliphatic carbocycles. The first-order chi connectivity index (χ1) is 9.61. The molecule has 110 valence electrons. The van der Waals surface area contributed by atoms with Crippen LogP contribution in [0.25, 0.3) is 0 Å². The van der Waals surface area contributed by atoms with Gasteiger partial charge in [0.2, 0.25) is 11.9 Å². The quantitative estimate of drug-likeness (QED) is 0.863. The number of fused-ring (bicyclic) bond motifs is 1. The van der Waals surface area contributed by atoms with Crippen molar-refractivity contribution in [1.82, 2.24) is 19.9 Å². The molecule has 0 saturated carbocycles. The Labute approximate surface area is 119 Å². The summed E-state index contributed by atoms with van der Waals surface area (Å²) in [4.78, 5) is 17.4. The minimum atomic E-state index is 0.0244. The summed E-state index contributed by atoms with van der Waals surface area (Å²) >= 11 is 0. The Morgan fingerprint density at radius 2 is 2.05 bits per heavy atom. The molecule has 1 atom stereocenters. The summed E-state index contributed by atoms with van der Waals surface area (Å²) in [5.74, 6) is 0.860. The van der Waals surface area contributed by atoms with Gasteiger partial charge in [-0.1, -0.05) is 0 Å². The number of rotatable bonds is 3. The largest absolute Gasteiger partial charge is 0.461 e. The van der Waals surface area contributed by atoms with Gasteiger partial charge in [0.05, 0.1) is 6.10 Å². The number of hydrogen-bond donors (Lipinski definition) is 1. The number of ether oxygens (including phenoxy) is 1. The van der Waals surface area contributed by atoms with Crippen LogP contribution in [0, 0.1) is 0 Å². The van der Waals surface area contributed by atoms with Crippen LogP contribution in [0.4, 0.5) is 11.9 Å². The summed E-state index contributed by atoms with van der Waals surface area (Å²) in [6.07, 6.45) is 2.57. The third-order valence-corrected chi connectivity index (χ3v) is 3.83. The van der Waals surface area contributed by atoms with Crippen LogP contribution in [0.15, 0.2) is 0 Å². The van der Waals surface area contributed by atoms with E-state index < -0.39 is 0 Å². The number of hydrogen-bond acceptors (Lipinski definition) is 7. The van der Waals surface area contributed by atoms with Gasteiger partial charge in [0, 0.05) is 25.7 Å². The molecule has 2 fully saturated rings. The summed E-state index contributed by atoms with van der Waals surface area (Å²) in [6.45, 7) is 8.07. The number of nitrogens with zero attached hydrogens (tertiary/aromatic N) is 5. The number of anilines is 2. The minimum Gasteiger partial charge on any atom is -0.461 e. The molecule has 1 aromatic heterocycles. The average Bonchev–Trinajstić information content (AvgIpc) is 2.84. The Kier molecular flexibility index (Phi) is 3.60. The lowest BCUT2D eigenvalue weighted by Gasteiger charge is -2.37. The highest BCUT2D eigenvalue weighted by Gasteiger charge is 2.31. The molecule has 20 heavy (non-hydrogen) atoms. The molecule has 1 aromatic rings. The van der Waals surface area contributed by atoms with Crippen LogP contribution in [0.3, 0.4) is 0 Å². The van der Waals surface area contributed by atoms with Crippen molar-refractivity contribution < 1.29 is 4.74 Å². The van der Waals surface area contributed by atoms with Gasteiger partial charge in [0.25, 0.3) is 0 Å². The molecule has 7 nitrogen and oxygen atoms in total. The first-order valence-corrected chi connectivity index (χ1v) is 7.29. The Balaban J connectivity index is 1.77. The van der Waals surface area contributed by atoms with E-state index in [0.717, 1.165) is 19.6 Å². The third-order valence-electron chi connectivity index (χ3n) is 3.83. The molecular formula is C13H22N6O. The zero-order valence-electron chi connectivity index (χ0n) is 12.1. The van der Waals surface area contributed by atoms with Gasteiger partial charge in [-0.15, -0.1) is 0 Å². The maximum absolute atomic E-state index is 5.77. The van der Waals surface area contributed by atoms with E-state index in [0.29, 0.717) is 18.0 Å². The summed E-state index contributed by atoms with van der Waals surface area (Å²) in [5, 5.41) is 0. The van der Waals surface area contributed by atoms with Crippen molar-refractivity contribution in [2.45, 2.75) is 38.8 Å². The molecule has 3 heterocycles. The van der Waals surface area contributed by atoms with Crippen molar-refractivity contribution in [3.05, 3.63) is 0 Å². The molecule has 2 aliphatic rings. The molecule has 3 rings (SSSR count). The van der Waals surface area contributed by atoms with Crippen LogP contribution < -0.4 is 15.4 Å². The van der Waals surface area contributed by atoms with Gasteiger partial charge < -0.3 is 15.4 Å². The van der Waals surface area contributed by atoms with Crippen LogP contribution in [0.2, 0.25) is 0 Å². The Morgan fingerprint density at radius 1 is 1.20 bits per heavy atom. The van der Waals surface area contributed by atoms with E-state index in [1.165, 1.54) is 19.4 Å². The van der Waals surface area contributed by atoms with Gasteiger partial charge in [0.15, 0.2) is 0 Å². The maximum atomic E-state index is 5.77. The molecule has 0 bridgehead atoms. The van der Waals surface area contributed by atoms with Crippen LogP contribution in [0.1, 0.15) is 26.7 Å². The first kappa shape index (κ1) is 13.4. The SMILES string of the molecule is CC(C)Oc1nc(N)nc(N2CCN3CCCC3C2)n1. The Bertz CT molecular complexity index is 480. The van der Waals surface area contributed by atoms with Crippen molar-refractivity contribution in [3.63, 3.8) is 0 Å². The van der Waals surface area contributed by atoms with Crippen molar-refractivity contribution >= 4 is 11.9 Å². The van der Waals surface area contributed by atoms with Gasteiger partial charge in [0.1, 0.15) is 0 Å². The number of aromatic nitrogens is 3.